The van der Waals surface area contributed by atoms with Crippen molar-refractivity contribution < 1.29 is 14.0 Å². The molecule has 5 heteroatoms. The van der Waals surface area contributed by atoms with Gasteiger partial charge in [-0.2, -0.15) is 0 Å². The van der Waals surface area contributed by atoms with Crippen LogP contribution in [0.2, 0.25) is 0 Å². The smallest absolute Gasteiger partial charge is 0.319 e. The van der Waals surface area contributed by atoms with Crippen LogP contribution in [0.3, 0.4) is 0 Å². The summed E-state index contributed by atoms with van der Waals surface area (Å²) in [6.45, 7) is 3.95. The summed E-state index contributed by atoms with van der Waals surface area (Å²) in [6, 6.07) is 13.1. The molecular formula is C20H21FN2O2. The number of urea groups is 1. The molecule has 130 valence electrons. The van der Waals surface area contributed by atoms with Gasteiger partial charge in [-0.15, -0.1) is 0 Å². The topological polar surface area (TPSA) is 49.4 Å². The number of imide groups is 1. The molecule has 1 saturated heterocycles. The summed E-state index contributed by atoms with van der Waals surface area (Å²) in [7, 11) is 0. The van der Waals surface area contributed by atoms with E-state index >= 15 is 0 Å². The van der Waals surface area contributed by atoms with Gasteiger partial charge in [-0.3, -0.25) is 9.69 Å². The number of benzene rings is 2. The van der Waals surface area contributed by atoms with Gasteiger partial charge in [0.25, 0.3) is 5.91 Å². The number of aryl methyl sites for hydroxylation is 1. The molecule has 2 aromatic carbocycles. The van der Waals surface area contributed by atoms with Gasteiger partial charge in [0.1, 0.15) is 11.4 Å². The van der Waals surface area contributed by atoms with Crippen LogP contribution in [0.5, 0.6) is 0 Å². The molecule has 4 nitrogen and oxygen atoms in total. The lowest BCUT2D eigenvalue weighted by Crippen LogP contribution is -2.40. The number of rotatable bonds is 5. The summed E-state index contributed by atoms with van der Waals surface area (Å²) in [5, 5.41) is 2.79. The summed E-state index contributed by atoms with van der Waals surface area (Å²) >= 11 is 0. The summed E-state index contributed by atoms with van der Waals surface area (Å²) < 4.78 is 13.0. The molecule has 0 saturated carbocycles. The number of hydrogen-bond acceptors (Lipinski definition) is 2. The molecule has 1 heterocycles. The van der Waals surface area contributed by atoms with Crippen molar-refractivity contribution in [3.8, 4) is 0 Å². The summed E-state index contributed by atoms with van der Waals surface area (Å²) in [6.07, 6.45) is 2.03. The minimum Gasteiger partial charge on any atom is -0.319 e. The molecule has 1 aliphatic heterocycles. The highest BCUT2D eigenvalue weighted by Gasteiger charge is 2.48. The zero-order valence-corrected chi connectivity index (χ0v) is 14.4. The zero-order chi connectivity index (χ0) is 18.0. The molecule has 2 aromatic rings. The Kier molecular flexibility index (Phi) is 4.57. The van der Waals surface area contributed by atoms with Crippen LogP contribution in [0.4, 0.5) is 9.18 Å². The Hall–Kier alpha value is -2.69. The minimum atomic E-state index is -1.08. The molecule has 3 amide bonds. The van der Waals surface area contributed by atoms with Crippen LogP contribution >= 0.6 is 0 Å². The van der Waals surface area contributed by atoms with Gasteiger partial charge in [0.15, 0.2) is 0 Å². The quantitative estimate of drug-likeness (QED) is 0.843. The second kappa shape index (κ2) is 6.67. The fourth-order valence-corrected chi connectivity index (χ4v) is 3.10. The maximum Gasteiger partial charge on any atom is 0.325 e. The van der Waals surface area contributed by atoms with E-state index in [0.717, 1.165) is 18.4 Å². The highest BCUT2D eigenvalue weighted by Crippen LogP contribution is 2.30. The van der Waals surface area contributed by atoms with Crippen LogP contribution in [0.1, 0.15) is 37.0 Å². The van der Waals surface area contributed by atoms with E-state index in [1.165, 1.54) is 22.6 Å². The predicted octanol–water partition coefficient (Wildman–Crippen LogP) is 3.75. The Balaban J connectivity index is 1.82. The lowest BCUT2D eigenvalue weighted by atomic mass is 9.91. The van der Waals surface area contributed by atoms with Gasteiger partial charge >= 0.3 is 6.03 Å². The largest absolute Gasteiger partial charge is 0.325 e. The molecule has 0 spiro atoms. The summed E-state index contributed by atoms with van der Waals surface area (Å²) in [5.74, 6) is -0.650. The second-order valence-corrected chi connectivity index (χ2v) is 6.52. The van der Waals surface area contributed by atoms with E-state index in [9.17, 15) is 14.0 Å². The maximum atomic E-state index is 13.0. The van der Waals surface area contributed by atoms with Crippen molar-refractivity contribution in [2.45, 2.75) is 38.8 Å². The molecule has 3 rings (SSSR count). The third-order valence-electron chi connectivity index (χ3n) is 4.60. The van der Waals surface area contributed by atoms with Crippen LogP contribution in [-0.4, -0.2) is 16.8 Å². The summed E-state index contributed by atoms with van der Waals surface area (Å²) in [5.41, 5.74) is 1.58. The van der Waals surface area contributed by atoms with E-state index in [4.69, 9.17) is 0 Å². The van der Waals surface area contributed by atoms with E-state index in [1.807, 2.05) is 24.3 Å². The maximum absolute atomic E-state index is 13.0. The first kappa shape index (κ1) is 17.1. The molecule has 1 N–H and O–H groups in total. The lowest BCUT2D eigenvalue weighted by Gasteiger charge is -2.22. The minimum absolute atomic E-state index is 0.119. The number of carbonyl (C=O) groups is 2. The van der Waals surface area contributed by atoms with Crippen molar-refractivity contribution in [1.82, 2.24) is 10.2 Å². The van der Waals surface area contributed by atoms with Gasteiger partial charge in [0.2, 0.25) is 0 Å². The number of hydrogen-bond donors (Lipinski definition) is 1. The first-order valence-electron chi connectivity index (χ1n) is 8.42. The second-order valence-electron chi connectivity index (χ2n) is 6.52. The average Bonchev–Trinajstić information content (AvgIpc) is 2.82. The van der Waals surface area contributed by atoms with Crippen molar-refractivity contribution in [2.24, 2.45) is 0 Å². The molecule has 1 aliphatic rings. The molecule has 0 aliphatic carbocycles. The molecule has 1 unspecified atom stereocenters. The van der Waals surface area contributed by atoms with Gasteiger partial charge < -0.3 is 5.32 Å². The third kappa shape index (κ3) is 3.27. The van der Waals surface area contributed by atoms with Crippen LogP contribution in [0, 0.1) is 5.82 Å². The van der Waals surface area contributed by atoms with Gasteiger partial charge in [0.05, 0.1) is 6.54 Å². The monoisotopic (exact) mass is 340 g/mol. The molecule has 0 bridgehead atoms. The molecule has 1 fully saturated rings. The number of amides is 3. The Morgan fingerprint density at radius 1 is 1.00 bits per heavy atom. The summed E-state index contributed by atoms with van der Waals surface area (Å²) in [4.78, 5) is 26.4. The normalized spacial score (nSPS) is 20.0. The fourth-order valence-electron chi connectivity index (χ4n) is 3.10. The van der Waals surface area contributed by atoms with Crippen LogP contribution in [-0.2, 0) is 23.3 Å². The van der Waals surface area contributed by atoms with E-state index < -0.39 is 11.6 Å². The van der Waals surface area contributed by atoms with Crippen molar-refractivity contribution in [2.75, 3.05) is 0 Å². The predicted molar refractivity (Wildman–Crippen MR) is 93.3 cm³/mol. The average molecular weight is 340 g/mol. The third-order valence-corrected chi connectivity index (χ3v) is 4.60. The highest BCUT2D eigenvalue weighted by atomic mass is 19.1. The van der Waals surface area contributed by atoms with Gasteiger partial charge in [0, 0.05) is 0 Å². The Labute approximate surface area is 146 Å². The van der Waals surface area contributed by atoms with E-state index in [-0.39, 0.29) is 18.3 Å². The van der Waals surface area contributed by atoms with Crippen molar-refractivity contribution >= 4 is 11.9 Å². The van der Waals surface area contributed by atoms with E-state index in [1.54, 1.807) is 19.1 Å². The van der Waals surface area contributed by atoms with Gasteiger partial charge in [-0.05, 0) is 42.2 Å². The van der Waals surface area contributed by atoms with E-state index in [2.05, 4.69) is 12.2 Å². The SMILES string of the molecule is CCCc1ccc(C2(C)NC(=O)N(Cc3ccc(F)cc3)C2=O)cc1. The number of carbonyl (C=O) groups excluding carboxylic acids is 2. The van der Waals surface area contributed by atoms with Crippen molar-refractivity contribution in [3.63, 3.8) is 0 Å². The Morgan fingerprint density at radius 2 is 1.60 bits per heavy atom. The standard InChI is InChI=1S/C20H21FN2O2/c1-3-4-14-5-9-16(10-6-14)20(2)18(24)23(19(25)22-20)13-15-7-11-17(21)12-8-15/h5-12H,3-4,13H2,1-2H3,(H,22,25). The number of nitrogens with zero attached hydrogens (tertiary/aromatic N) is 1. The fraction of sp³-hybridized carbons (Fsp3) is 0.300. The first-order chi connectivity index (χ1) is 11.9. The van der Waals surface area contributed by atoms with Crippen LogP contribution < -0.4 is 5.32 Å². The lowest BCUT2D eigenvalue weighted by molar-refractivity contribution is -0.131. The zero-order valence-electron chi connectivity index (χ0n) is 14.4. The molecule has 0 radical (unpaired) electrons. The van der Waals surface area contributed by atoms with Crippen LogP contribution in [0.15, 0.2) is 48.5 Å². The van der Waals surface area contributed by atoms with Gasteiger partial charge in [-0.25, -0.2) is 9.18 Å². The van der Waals surface area contributed by atoms with E-state index in [0.29, 0.717) is 5.56 Å². The Morgan fingerprint density at radius 3 is 2.20 bits per heavy atom. The Bertz CT molecular complexity index is 786. The molecule has 1 atom stereocenters. The molecule has 0 aromatic heterocycles. The molecule has 25 heavy (non-hydrogen) atoms. The van der Waals surface area contributed by atoms with Crippen molar-refractivity contribution in [3.05, 3.63) is 71.0 Å². The number of nitrogens with one attached hydrogen (secondary N) is 1. The molecular weight excluding hydrogens is 319 g/mol. The first-order valence-corrected chi connectivity index (χ1v) is 8.42. The highest BCUT2D eigenvalue weighted by molar-refractivity contribution is 6.07. The van der Waals surface area contributed by atoms with Gasteiger partial charge in [-0.1, -0.05) is 49.7 Å². The van der Waals surface area contributed by atoms with Crippen molar-refractivity contribution in [1.29, 1.82) is 0 Å². The number of halogens is 1. The van der Waals surface area contributed by atoms with Crippen LogP contribution in [0.25, 0.3) is 0 Å².